The molecule has 0 bridgehead atoms. The van der Waals surface area contributed by atoms with E-state index in [9.17, 15) is 4.79 Å². The zero-order valence-electron chi connectivity index (χ0n) is 13.9. The Labute approximate surface area is 138 Å². The first kappa shape index (κ1) is 15.9. The topological polar surface area (TPSA) is 84.3 Å². The van der Waals surface area contributed by atoms with E-state index in [2.05, 4.69) is 10.3 Å². The third kappa shape index (κ3) is 2.78. The maximum absolute atomic E-state index is 12.1. The van der Waals surface area contributed by atoms with Gasteiger partial charge in [-0.25, -0.2) is 4.79 Å². The number of hydrogen-bond donors (Lipinski definition) is 0. The molecule has 0 saturated carbocycles. The first-order valence-electron chi connectivity index (χ1n) is 7.31. The van der Waals surface area contributed by atoms with Crippen molar-refractivity contribution in [3.05, 3.63) is 46.2 Å². The molecule has 0 radical (unpaired) electrons. The van der Waals surface area contributed by atoms with Gasteiger partial charge in [0.15, 0.2) is 17.3 Å². The maximum atomic E-state index is 12.1. The molecule has 8 nitrogen and oxygen atoms in total. The summed E-state index contributed by atoms with van der Waals surface area (Å²) in [7, 11) is 4.95. The number of nitrogens with zero attached hydrogens (tertiary/aromatic N) is 4. The fourth-order valence-corrected chi connectivity index (χ4v) is 2.55. The fraction of sp³-hybridized carbons (Fsp3) is 0.312. The van der Waals surface area contributed by atoms with Crippen molar-refractivity contribution in [3.8, 4) is 22.9 Å². The Hall–Kier alpha value is -3.03. The fourth-order valence-electron chi connectivity index (χ4n) is 2.55. The lowest BCUT2D eigenvalue weighted by atomic mass is 10.2. The standard InChI is InChI=1S/C16H18N4O4/c1-10-8-19(2)17-12(10)9-20-15(18-24-16(20)21)11-5-6-13(22-3)14(7-11)23-4/h5-8H,9H2,1-4H3. The number of aromatic nitrogens is 4. The van der Waals surface area contributed by atoms with E-state index in [4.69, 9.17) is 14.0 Å². The molecule has 0 atom stereocenters. The Bertz CT molecular complexity index is 923. The molecule has 0 aliphatic heterocycles. The van der Waals surface area contributed by atoms with E-state index in [-0.39, 0.29) is 6.54 Å². The van der Waals surface area contributed by atoms with Crippen LogP contribution in [0.3, 0.4) is 0 Å². The molecule has 2 aromatic heterocycles. The van der Waals surface area contributed by atoms with Crippen LogP contribution >= 0.6 is 0 Å². The van der Waals surface area contributed by atoms with Gasteiger partial charge >= 0.3 is 5.76 Å². The van der Waals surface area contributed by atoms with E-state index in [0.717, 1.165) is 11.3 Å². The Morgan fingerprint density at radius 2 is 1.96 bits per heavy atom. The monoisotopic (exact) mass is 330 g/mol. The highest BCUT2D eigenvalue weighted by molar-refractivity contribution is 5.61. The average Bonchev–Trinajstić information content (AvgIpc) is 3.09. The van der Waals surface area contributed by atoms with E-state index in [1.165, 1.54) is 4.57 Å². The molecule has 0 spiro atoms. The molecular formula is C16H18N4O4. The highest BCUT2D eigenvalue weighted by atomic mass is 16.5. The van der Waals surface area contributed by atoms with Gasteiger partial charge in [-0.2, -0.15) is 5.10 Å². The summed E-state index contributed by atoms with van der Waals surface area (Å²) in [4.78, 5) is 12.1. The van der Waals surface area contributed by atoms with Crippen molar-refractivity contribution in [3.63, 3.8) is 0 Å². The minimum Gasteiger partial charge on any atom is -0.493 e. The van der Waals surface area contributed by atoms with E-state index < -0.39 is 5.76 Å². The molecule has 0 N–H and O–H groups in total. The SMILES string of the molecule is COc1ccc(-c2noc(=O)n2Cc2nn(C)cc2C)cc1OC. The Balaban J connectivity index is 2.04. The van der Waals surface area contributed by atoms with Gasteiger partial charge in [0.25, 0.3) is 0 Å². The zero-order valence-corrected chi connectivity index (χ0v) is 13.9. The van der Waals surface area contributed by atoms with Crippen LogP contribution in [0, 0.1) is 6.92 Å². The van der Waals surface area contributed by atoms with E-state index in [1.807, 2.05) is 20.2 Å². The first-order chi connectivity index (χ1) is 11.5. The summed E-state index contributed by atoms with van der Waals surface area (Å²) < 4.78 is 18.5. The zero-order chi connectivity index (χ0) is 17.3. The van der Waals surface area contributed by atoms with Gasteiger partial charge in [-0.05, 0) is 30.7 Å². The lowest BCUT2D eigenvalue weighted by Gasteiger charge is -2.09. The largest absolute Gasteiger partial charge is 0.493 e. The second-order valence-electron chi connectivity index (χ2n) is 5.36. The van der Waals surface area contributed by atoms with Crippen LogP contribution in [0.4, 0.5) is 0 Å². The van der Waals surface area contributed by atoms with Gasteiger partial charge in [0.05, 0.1) is 26.5 Å². The molecular weight excluding hydrogens is 312 g/mol. The molecule has 8 heteroatoms. The number of rotatable bonds is 5. The van der Waals surface area contributed by atoms with Gasteiger partial charge in [0.2, 0.25) is 0 Å². The molecule has 0 unspecified atom stereocenters. The van der Waals surface area contributed by atoms with Crippen LogP contribution in [0.5, 0.6) is 11.5 Å². The van der Waals surface area contributed by atoms with Gasteiger partial charge in [-0.3, -0.25) is 13.8 Å². The van der Waals surface area contributed by atoms with Crippen LogP contribution < -0.4 is 15.2 Å². The van der Waals surface area contributed by atoms with Gasteiger partial charge in [0.1, 0.15) is 0 Å². The minimum atomic E-state index is -0.537. The number of ether oxygens (including phenoxy) is 2. The first-order valence-corrected chi connectivity index (χ1v) is 7.31. The molecule has 0 aliphatic rings. The number of benzene rings is 1. The molecule has 3 aromatic rings. The molecule has 24 heavy (non-hydrogen) atoms. The summed E-state index contributed by atoms with van der Waals surface area (Å²) in [6, 6.07) is 5.29. The Morgan fingerprint density at radius 1 is 1.21 bits per heavy atom. The van der Waals surface area contributed by atoms with Crippen molar-refractivity contribution >= 4 is 0 Å². The third-order valence-electron chi connectivity index (χ3n) is 3.75. The van der Waals surface area contributed by atoms with E-state index in [0.29, 0.717) is 22.9 Å². The minimum absolute atomic E-state index is 0.276. The van der Waals surface area contributed by atoms with Gasteiger partial charge in [0, 0.05) is 18.8 Å². The molecule has 0 saturated heterocycles. The van der Waals surface area contributed by atoms with E-state index in [1.54, 1.807) is 37.1 Å². The molecule has 1 aromatic carbocycles. The van der Waals surface area contributed by atoms with Crippen LogP contribution in [0.1, 0.15) is 11.3 Å². The second kappa shape index (κ2) is 6.23. The molecule has 2 heterocycles. The van der Waals surface area contributed by atoms with Crippen molar-refractivity contribution in [1.82, 2.24) is 19.5 Å². The Morgan fingerprint density at radius 3 is 2.58 bits per heavy atom. The van der Waals surface area contributed by atoms with Gasteiger partial charge in [-0.15, -0.1) is 0 Å². The van der Waals surface area contributed by atoms with Crippen molar-refractivity contribution in [1.29, 1.82) is 0 Å². The van der Waals surface area contributed by atoms with Crippen LogP contribution in [0.2, 0.25) is 0 Å². The van der Waals surface area contributed by atoms with Crippen LogP contribution in [-0.2, 0) is 13.6 Å². The summed E-state index contributed by atoms with van der Waals surface area (Å²) in [6.07, 6.45) is 1.89. The van der Waals surface area contributed by atoms with Crippen molar-refractivity contribution in [2.45, 2.75) is 13.5 Å². The average molecular weight is 330 g/mol. The molecule has 3 rings (SSSR count). The predicted octanol–water partition coefficient (Wildman–Crippen LogP) is 1.61. The normalized spacial score (nSPS) is 10.8. The molecule has 126 valence electrons. The van der Waals surface area contributed by atoms with Crippen molar-refractivity contribution in [2.75, 3.05) is 14.2 Å². The third-order valence-corrected chi connectivity index (χ3v) is 3.75. The predicted molar refractivity (Wildman–Crippen MR) is 86.4 cm³/mol. The van der Waals surface area contributed by atoms with E-state index >= 15 is 0 Å². The summed E-state index contributed by atoms with van der Waals surface area (Å²) >= 11 is 0. The lowest BCUT2D eigenvalue weighted by Crippen LogP contribution is -2.17. The highest BCUT2D eigenvalue weighted by Crippen LogP contribution is 2.31. The summed E-state index contributed by atoms with van der Waals surface area (Å²) in [5.74, 6) is 1.01. The summed E-state index contributed by atoms with van der Waals surface area (Å²) in [5, 5.41) is 8.26. The van der Waals surface area contributed by atoms with Crippen molar-refractivity contribution in [2.24, 2.45) is 7.05 Å². The second-order valence-corrected chi connectivity index (χ2v) is 5.36. The van der Waals surface area contributed by atoms with Crippen molar-refractivity contribution < 1.29 is 14.0 Å². The summed E-state index contributed by atoms with van der Waals surface area (Å²) in [5.41, 5.74) is 2.46. The van der Waals surface area contributed by atoms with Gasteiger partial charge in [-0.1, -0.05) is 5.16 Å². The van der Waals surface area contributed by atoms with Crippen LogP contribution in [0.25, 0.3) is 11.4 Å². The maximum Gasteiger partial charge on any atom is 0.442 e. The summed E-state index contributed by atoms with van der Waals surface area (Å²) in [6.45, 7) is 2.22. The van der Waals surface area contributed by atoms with Crippen LogP contribution in [-0.4, -0.2) is 33.7 Å². The Kier molecular flexibility index (Phi) is 4.11. The quantitative estimate of drug-likeness (QED) is 0.707. The highest BCUT2D eigenvalue weighted by Gasteiger charge is 2.17. The lowest BCUT2D eigenvalue weighted by molar-refractivity contribution is 0.355. The molecule has 0 amide bonds. The molecule has 0 aliphatic carbocycles. The molecule has 0 fully saturated rings. The number of hydrogen-bond acceptors (Lipinski definition) is 6. The van der Waals surface area contributed by atoms with Crippen LogP contribution in [0.15, 0.2) is 33.7 Å². The number of methoxy groups -OCH3 is 2. The van der Waals surface area contributed by atoms with Gasteiger partial charge < -0.3 is 9.47 Å². The number of aryl methyl sites for hydroxylation is 2. The smallest absolute Gasteiger partial charge is 0.442 e.